The predicted octanol–water partition coefficient (Wildman–Crippen LogP) is 2.98. The first-order chi connectivity index (χ1) is 8.10. The average Bonchev–Trinajstić information content (AvgIpc) is 2.31. The standard InChI is InChI=1S/C13H21FN2S/c1-4-11(9-17-3)16(2)8-10-6-5-7-12(14)13(10)15/h5-7,11H,4,8-9,15H2,1-3H3. The van der Waals surface area contributed by atoms with Crippen LogP contribution in [0.1, 0.15) is 18.9 Å². The summed E-state index contributed by atoms with van der Waals surface area (Å²) in [5.41, 5.74) is 6.88. The number of benzene rings is 1. The maximum Gasteiger partial charge on any atom is 0.146 e. The minimum atomic E-state index is -0.325. The number of hydrogen-bond donors (Lipinski definition) is 1. The summed E-state index contributed by atoms with van der Waals surface area (Å²) in [5.74, 6) is 0.760. The molecule has 0 saturated carbocycles. The first-order valence-corrected chi connectivity index (χ1v) is 7.21. The second-order valence-corrected chi connectivity index (χ2v) is 5.16. The lowest BCUT2D eigenvalue weighted by atomic mass is 10.1. The quantitative estimate of drug-likeness (QED) is 0.793. The molecule has 96 valence electrons. The summed E-state index contributed by atoms with van der Waals surface area (Å²) in [7, 11) is 2.06. The van der Waals surface area contributed by atoms with Gasteiger partial charge in [0.2, 0.25) is 0 Å². The lowest BCUT2D eigenvalue weighted by molar-refractivity contribution is 0.248. The molecule has 1 rings (SSSR count). The molecule has 0 saturated heterocycles. The van der Waals surface area contributed by atoms with Crippen LogP contribution in [0, 0.1) is 5.82 Å². The van der Waals surface area contributed by atoms with Crippen LogP contribution in [0.15, 0.2) is 18.2 Å². The molecule has 1 aromatic carbocycles. The van der Waals surface area contributed by atoms with Crippen molar-refractivity contribution in [3.05, 3.63) is 29.6 Å². The van der Waals surface area contributed by atoms with Gasteiger partial charge in [-0.25, -0.2) is 4.39 Å². The number of nitrogens with two attached hydrogens (primary N) is 1. The van der Waals surface area contributed by atoms with Gasteiger partial charge in [0.15, 0.2) is 0 Å². The molecule has 0 aromatic heterocycles. The fourth-order valence-corrected chi connectivity index (χ4v) is 2.74. The van der Waals surface area contributed by atoms with Crippen LogP contribution < -0.4 is 5.73 Å². The highest BCUT2D eigenvalue weighted by Gasteiger charge is 2.14. The largest absolute Gasteiger partial charge is 0.396 e. The molecular weight excluding hydrogens is 235 g/mol. The maximum atomic E-state index is 13.3. The number of para-hydroxylation sites is 1. The molecule has 17 heavy (non-hydrogen) atoms. The Hall–Kier alpha value is -0.740. The second kappa shape index (κ2) is 6.87. The van der Waals surface area contributed by atoms with Gasteiger partial charge in [-0.3, -0.25) is 4.90 Å². The molecular formula is C13H21FN2S. The number of nitrogens with zero attached hydrogens (tertiary/aromatic N) is 1. The molecule has 0 aliphatic rings. The number of rotatable bonds is 6. The van der Waals surface area contributed by atoms with Crippen molar-refractivity contribution in [2.24, 2.45) is 0 Å². The molecule has 0 aliphatic heterocycles. The molecule has 1 unspecified atom stereocenters. The van der Waals surface area contributed by atoms with E-state index >= 15 is 0 Å². The van der Waals surface area contributed by atoms with Crippen LogP contribution in [0.2, 0.25) is 0 Å². The molecule has 1 atom stereocenters. The van der Waals surface area contributed by atoms with Gasteiger partial charge in [0.05, 0.1) is 5.69 Å². The lowest BCUT2D eigenvalue weighted by Gasteiger charge is -2.27. The molecule has 0 amide bonds. The van der Waals surface area contributed by atoms with Gasteiger partial charge >= 0.3 is 0 Å². The van der Waals surface area contributed by atoms with E-state index in [1.807, 2.05) is 17.8 Å². The smallest absolute Gasteiger partial charge is 0.146 e. The Balaban J connectivity index is 2.72. The molecule has 0 spiro atoms. The Morgan fingerprint density at radius 3 is 2.76 bits per heavy atom. The molecule has 4 heteroatoms. The van der Waals surface area contributed by atoms with E-state index < -0.39 is 0 Å². The van der Waals surface area contributed by atoms with E-state index in [-0.39, 0.29) is 11.5 Å². The molecule has 2 N–H and O–H groups in total. The van der Waals surface area contributed by atoms with Crippen LogP contribution >= 0.6 is 11.8 Å². The van der Waals surface area contributed by atoms with E-state index in [2.05, 4.69) is 25.1 Å². The van der Waals surface area contributed by atoms with Crippen molar-refractivity contribution in [1.29, 1.82) is 0 Å². The highest BCUT2D eigenvalue weighted by Crippen LogP contribution is 2.19. The van der Waals surface area contributed by atoms with Crippen LogP contribution in [-0.4, -0.2) is 30.0 Å². The van der Waals surface area contributed by atoms with E-state index in [1.54, 1.807) is 6.07 Å². The van der Waals surface area contributed by atoms with Crippen molar-refractivity contribution in [2.75, 3.05) is 24.8 Å². The van der Waals surface area contributed by atoms with E-state index in [4.69, 9.17) is 5.73 Å². The predicted molar refractivity (Wildman–Crippen MR) is 74.7 cm³/mol. The Morgan fingerprint density at radius 1 is 1.47 bits per heavy atom. The second-order valence-electron chi connectivity index (χ2n) is 4.25. The Kier molecular flexibility index (Phi) is 5.78. The molecule has 0 radical (unpaired) electrons. The number of thioether (sulfide) groups is 1. The fourth-order valence-electron chi connectivity index (χ4n) is 1.87. The average molecular weight is 256 g/mol. The zero-order valence-electron chi connectivity index (χ0n) is 10.7. The zero-order valence-corrected chi connectivity index (χ0v) is 11.6. The SMILES string of the molecule is CCC(CSC)N(C)Cc1cccc(F)c1N. The minimum Gasteiger partial charge on any atom is -0.396 e. The summed E-state index contributed by atoms with van der Waals surface area (Å²) in [6, 6.07) is 5.51. The van der Waals surface area contributed by atoms with Crippen molar-refractivity contribution < 1.29 is 4.39 Å². The summed E-state index contributed by atoms with van der Waals surface area (Å²) in [4.78, 5) is 2.24. The third-order valence-corrected chi connectivity index (χ3v) is 3.73. The molecule has 0 bridgehead atoms. The summed E-state index contributed by atoms with van der Waals surface area (Å²) in [6.45, 7) is 2.87. The third-order valence-electron chi connectivity index (χ3n) is 3.02. The number of halogens is 1. The van der Waals surface area contributed by atoms with Crippen LogP contribution in [0.5, 0.6) is 0 Å². The van der Waals surface area contributed by atoms with Gasteiger partial charge in [-0.2, -0.15) is 11.8 Å². The van der Waals surface area contributed by atoms with E-state index in [1.165, 1.54) is 6.07 Å². The van der Waals surface area contributed by atoms with Crippen molar-refractivity contribution in [2.45, 2.75) is 25.9 Å². The highest BCUT2D eigenvalue weighted by atomic mass is 32.2. The molecule has 0 heterocycles. The normalized spacial score (nSPS) is 13.0. The van der Waals surface area contributed by atoms with Crippen molar-refractivity contribution >= 4 is 17.4 Å². The number of nitrogen functional groups attached to an aromatic ring is 1. The van der Waals surface area contributed by atoms with Crippen LogP contribution in [0.25, 0.3) is 0 Å². The first-order valence-electron chi connectivity index (χ1n) is 5.82. The highest BCUT2D eigenvalue weighted by molar-refractivity contribution is 7.98. The van der Waals surface area contributed by atoms with Crippen molar-refractivity contribution in [3.63, 3.8) is 0 Å². The number of anilines is 1. The molecule has 1 aromatic rings. The van der Waals surface area contributed by atoms with Crippen molar-refractivity contribution in [1.82, 2.24) is 4.90 Å². The minimum absolute atomic E-state index is 0.276. The monoisotopic (exact) mass is 256 g/mol. The maximum absolute atomic E-state index is 13.3. The lowest BCUT2D eigenvalue weighted by Crippen LogP contribution is -2.33. The van der Waals surface area contributed by atoms with Gasteiger partial charge in [0, 0.05) is 18.3 Å². The van der Waals surface area contributed by atoms with Gasteiger partial charge < -0.3 is 5.73 Å². The van der Waals surface area contributed by atoms with Crippen molar-refractivity contribution in [3.8, 4) is 0 Å². The molecule has 0 fully saturated rings. The topological polar surface area (TPSA) is 29.3 Å². The van der Waals surface area contributed by atoms with E-state index in [0.717, 1.165) is 17.7 Å². The third kappa shape index (κ3) is 3.89. The zero-order chi connectivity index (χ0) is 12.8. The molecule has 2 nitrogen and oxygen atoms in total. The summed E-state index contributed by atoms with van der Waals surface area (Å²) in [6.07, 6.45) is 3.19. The van der Waals surface area contributed by atoms with Gasteiger partial charge in [0.25, 0.3) is 0 Å². The Bertz CT molecular complexity index is 357. The van der Waals surface area contributed by atoms with Gasteiger partial charge in [-0.05, 0) is 31.4 Å². The summed E-state index contributed by atoms with van der Waals surface area (Å²) >= 11 is 1.83. The van der Waals surface area contributed by atoms with Gasteiger partial charge in [-0.15, -0.1) is 0 Å². The van der Waals surface area contributed by atoms with Crippen LogP contribution in [0.3, 0.4) is 0 Å². The Labute approximate surface area is 107 Å². The van der Waals surface area contributed by atoms with E-state index in [0.29, 0.717) is 12.6 Å². The molecule has 0 aliphatic carbocycles. The fraction of sp³-hybridized carbons (Fsp3) is 0.538. The Morgan fingerprint density at radius 2 is 2.18 bits per heavy atom. The van der Waals surface area contributed by atoms with E-state index in [9.17, 15) is 4.39 Å². The summed E-state index contributed by atoms with van der Waals surface area (Å²) in [5, 5.41) is 0. The van der Waals surface area contributed by atoms with Crippen LogP contribution in [0.4, 0.5) is 10.1 Å². The number of hydrogen-bond acceptors (Lipinski definition) is 3. The van der Waals surface area contributed by atoms with Gasteiger partial charge in [-0.1, -0.05) is 19.1 Å². The first kappa shape index (κ1) is 14.3. The van der Waals surface area contributed by atoms with Gasteiger partial charge in [0.1, 0.15) is 5.82 Å². The van der Waals surface area contributed by atoms with Crippen LogP contribution in [-0.2, 0) is 6.54 Å². The summed E-state index contributed by atoms with van der Waals surface area (Å²) < 4.78 is 13.3.